The number of ether oxygens (including phenoxy) is 2. The Kier molecular flexibility index (Phi) is 7.70. The second-order valence-corrected chi connectivity index (χ2v) is 9.86. The minimum Gasteiger partial charge on any atom is -0.493 e. The van der Waals surface area contributed by atoms with E-state index in [4.69, 9.17) is 9.47 Å². The van der Waals surface area contributed by atoms with E-state index >= 15 is 0 Å². The van der Waals surface area contributed by atoms with Crippen molar-refractivity contribution in [2.45, 2.75) is 45.6 Å². The quantitative estimate of drug-likeness (QED) is 0.573. The maximum atomic E-state index is 13.7. The van der Waals surface area contributed by atoms with Crippen LogP contribution >= 0.6 is 0 Å². The van der Waals surface area contributed by atoms with E-state index in [0.717, 1.165) is 61.3 Å². The van der Waals surface area contributed by atoms with Crippen molar-refractivity contribution in [3.8, 4) is 11.5 Å². The highest BCUT2D eigenvalue weighted by molar-refractivity contribution is 5.98. The Hall–Kier alpha value is -2.99. The van der Waals surface area contributed by atoms with Crippen LogP contribution in [0.5, 0.6) is 11.5 Å². The minimum absolute atomic E-state index is 0.00712. The molecular weight excluding hydrogens is 438 g/mol. The fourth-order valence-electron chi connectivity index (χ4n) is 5.30. The average Bonchev–Trinajstić information content (AvgIpc) is 2.88. The average molecular weight is 478 g/mol. The number of carbonyl (C=O) groups excluding carboxylic acids is 1. The second kappa shape index (κ2) is 10.7. The van der Waals surface area contributed by atoms with Crippen LogP contribution in [-0.4, -0.2) is 68.1 Å². The number of benzene rings is 1. The van der Waals surface area contributed by atoms with Crippen LogP contribution in [0.2, 0.25) is 0 Å². The van der Waals surface area contributed by atoms with Gasteiger partial charge >= 0.3 is 0 Å². The van der Waals surface area contributed by atoms with Crippen molar-refractivity contribution < 1.29 is 14.3 Å². The Labute approximate surface area is 210 Å². The van der Waals surface area contributed by atoms with Crippen LogP contribution < -0.4 is 9.47 Å². The van der Waals surface area contributed by atoms with Crippen LogP contribution in [0, 0.1) is 5.92 Å². The van der Waals surface area contributed by atoms with Gasteiger partial charge in [-0.15, -0.1) is 0 Å². The van der Waals surface area contributed by atoms with Crippen molar-refractivity contribution in [3.05, 3.63) is 65.2 Å². The van der Waals surface area contributed by atoms with Crippen LogP contribution in [0.25, 0.3) is 5.57 Å². The molecule has 3 aliphatic rings. The van der Waals surface area contributed by atoms with Gasteiger partial charge in [-0.25, -0.2) is 0 Å². The smallest absolute Gasteiger partial charge is 0.255 e. The van der Waals surface area contributed by atoms with Gasteiger partial charge in [-0.1, -0.05) is 26.0 Å². The highest BCUT2D eigenvalue weighted by Crippen LogP contribution is 2.37. The van der Waals surface area contributed by atoms with E-state index in [1.165, 1.54) is 5.57 Å². The van der Waals surface area contributed by atoms with Crippen LogP contribution in [0.3, 0.4) is 0 Å². The third-order valence-electron chi connectivity index (χ3n) is 7.54. The third-order valence-corrected chi connectivity index (χ3v) is 7.54. The number of likely N-dealkylation sites (tertiary alicyclic amines) is 1. The Morgan fingerprint density at radius 2 is 1.77 bits per heavy atom. The Morgan fingerprint density at radius 3 is 2.40 bits per heavy atom. The van der Waals surface area contributed by atoms with Gasteiger partial charge in [0.15, 0.2) is 11.5 Å². The van der Waals surface area contributed by atoms with Crippen molar-refractivity contribution in [2.75, 3.05) is 41.4 Å². The molecule has 4 rings (SSSR count). The molecule has 1 aromatic carbocycles. The number of carbonyl (C=O) groups is 1. The van der Waals surface area contributed by atoms with Gasteiger partial charge in [-0.2, -0.15) is 0 Å². The molecule has 1 unspecified atom stereocenters. The molecule has 6 heteroatoms. The fraction of sp³-hybridized carbons (Fsp3) is 0.483. The number of piperidine rings is 1. The first-order valence-corrected chi connectivity index (χ1v) is 12.7. The molecule has 1 fully saturated rings. The summed E-state index contributed by atoms with van der Waals surface area (Å²) in [6.07, 6.45) is 12.4. The molecule has 6 nitrogen and oxygen atoms in total. The topological polar surface area (TPSA) is 45.2 Å². The molecule has 0 aromatic heterocycles. The zero-order valence-corrected chi connectivity index (χ0v) is 22.0. The monoisotopic (exact) mass is 477 g/mol. The summed E-state index contributed by atoms with van der Waals surface area (Å²) in [5, 5.41) is 0. The molecule has 35 heavy (non-hydrogen) atoms. The van der Waals surface area contributed by atoms with Gasteiger partial charge in [0.1, 0.15) is 0 Å². The van der Waals surface area contributed by atoms with E-state index in [1.807, 2.05) is 35.4 Å². The predicted octanol–water partition coefficient (Wildman–Crippen LogP) is 5.06. The van der Waals surface area contributed by atoms with Crippen molar-refractivity contribution in [1.29, 1.82) is 0 Å². The first-order valence-electron chi connectivity index (χ1n) is 12.7. The van der Waals surface area contributed by atoms with Crippen molar-refractivity contribution in [1.82, 2.24) is 14.7 Å². The molecular formula is C29H39N3O3. The molecule has 1 amide bonds. The lowest BCUT2D eigenvalue weighted by molar-refractivity contribution is -0.122. The van der Waals surface area contributed by atoms with Crippen LogP contribution in [0.4, 0.5) is 0 Å². The lowest BCUT2D eigenvalue weighted by atomic mass is 9.88. The maximum Gasteiger partial charge on any atom is 0.255 e. The first kappa shape index (κ1) is 25.1. The van der Waals surface area contributed by atoms with Crippen LogP contribution in [-0.2, 0) is 4.79 Å². The molecule has 0 saturated carbocycles. The first-order chi connectivity index (χ1) is 16.9. The highest BCUT2D eigenvalue weighted by atomic mass is 16.5. The molecule has 3 heterocycles. The third kappa shape index (κ3) is 5.18. The summed E-state index contributed by atoms with van der Waals surface area (Å²) >= 11 is 0. The van der Waals surface area contributed by atoms with Crippen molar-refractivity contribution in [2.24, 2.45) is 5.92 Å². The Morgan fingerprint density at radius 1 is 1.06 bits per heavy atom. The summed E-state index contributed by atoms with van der Waals surface area (Å²) in [5.74, 6) is 1.54. The summed E-state index contributed by atoms with van der Waals surface area (Å²) in [5.41, 5.74) is 5.39. The largest absolute Gasteiger partial charge is 0.493 e. The Balaban J connectivity index is 1.66. The summed E-state index contributed by atoms with van der Waals surface area (Å²) in [7, 11) is 7.59. The lowest BCUT2D eigenvalue weighted by Crippen LogP contribution is -2.42. The number of hydrogen-bond donors (Lipinski definition) is 0. The number of amides is 1. The molecule has 0 spiro atoms. The number of fused-ring (bicyclic) bond motifs is 1. The summed E-state index contributed by atoms with van der Waals surface area (Å²) in [4.78, 5) is 20.3. The molecule has 0 bridgehead atoms. The number of methoxy groups -OCH3 is 2. The number of hydrogen-bond acceptors (Lipinski definition) is 5. The number of allylic oxidation sites excluding steroid dienone is 4. The van der Waals surface area contributed by atoms with Crippen LogP contribution in [0.1, 0.15) is 45.1 Å². The van der Waals surface area contributed by atoms with Crippen LogP contribution in [0.15, 0.2) is 59.6 Å². The van der Waals surface area contributed by atoms with Gasteiger partial charge in [-0.3, -0.25) is 9.69 Å². The molecule has 188 valence electrons. The van der Waals surface area contributed by atoms with Gasteiger partial charge in [-0.05, 0) is 80.6 Å². The normalized spacial score (nSPS) is 21.5. The lowest BCUT2D eigenvalue weighted by Gasteiger charge is -2.39. The summed E-state index contributed by atoms with van der Waals surface area (Å²) in [6.45, 7) is 6.36. The van der Waals surface area contributed by atoms with E-state index in [9.17, 15) is 4.79 Å². The van der Waals surface area contributed by atoms with Gasteiger partial charge in [0.2, 0.25) is 0 Å². The number of nitrogens with zero attached hydrogens (tertiary/aromatic N) is 3. The van der Waals surface area contributed by atoms with E-state index < -0.39 is 0 Å². The van der Waals surface area contributed by atoms with Gasteiger partial charge in [0, 0.05) is 37.1 Å². The standard InChI is InChI=1S/C29H39N3O3/c1-7-21-16-24(31-14-12-23(13-15-31)30(3)4)19-32-26(21)10-8-20(2)25(18-29(32)33)22-9-11-27(34-5)28(17-22)35-6/h9-11,16-20,23H,7-8,12-15H2,1-6H3. The highest BCUT2D eigenvalue weighted by Gasteiger charge is 2.29. The SMILES string of the molecule is CCC1=CC(N2CCC(N(C)C)CC2)=CN2C(=O)C=C(c3ccc(OC)c(OC)c3)C(C)CC=C12. The zero-order chi connectivity index (χ0) is 25.1. The summed E-state index contributed by atoms with van der Waals surface area (Å²) in [6, 6.07) is 6.50. The van der Waals surface area contributed by atoms with Crippen molar-refractivity contribution in [3.63, 3.8) is 0 Å². The minimum atomic E-state index is -0.00712. The molecule has 3 aliphatic heterocycles. The van der Waals surface area contributed by atoms with Gasteiger partial charge in [0.25, 0.3) is 5.91 Å². The van der Waals surface area contributed by atoms with E-state index in [-0.39, 0.29) is 11.8 Å². The van der Waals surface area contributed by atoms with Gasteiger partial charge in [0.05, 0.1) is 19.9 Å². The summed E-state index contributed by atoms with van der Waals surface area (Å²) < 4.78 is 10.9. The zero-order valence-electron chi connectivity index (χ0n) is 22.0. The molecule has 1 atom stereocenters. The molecule has 1 saturated heterocycles. The van der Waals surface area contributed by atoms with E-state index in [2.05, 4.69) is 49.9 Å². The molecule has 1 aromatic rings. The molecule has 0 aliphatic carbocycles. The van der Waals surface area contributed by atoms with Crippen molar-refractivity contribution >= 4 is 11.5 Å². The van der Waals surface area contributed by atoms with Gasteiger partial charge < -0.3 is 19.3 Å². The molecule has 0 N–H and O–H groups in total. The maximum absolute atomic E-state index is 13.7. The second-order valence-electron chi connectivity index (χ2n) is 9.86. The van der Waals surface area contributed by atoms with E-state index in [1.54, 1.807) is 14.2 Å². The number of rotatable bonds is 6. The Bertz CT molecular complexity index is 1070. The molecule has 0 radical (unpaired) electrons. The predicted molar refractivity (Wildman–Crippen MR) is 141 cm³/mol. The fourth-order valence-corrected chi connectivity index (χ4v) is 5.30. The van der Waals surface area contributed by atoms with E-state index in [0.29, 0.717) is 17.5 Å².